The number of hydrogen-bond donors (Lipinski definition) is 2. The van der Waals surface area contributed by atoms with Crippen LogP contribution in [0.4, 0.5) is 26.2 Å². The summed E-state index contributed by atoms with van der Waals surface area (Å²) in [5.41, 5.74) is 2.35. The molecule has 0 aliphatic carbocycles. The fourth-order valence-electron chi connectivity index (χ4n) is 3.41. The predicted octanol–water partition coefficient (Wildman–Crippen LogP) is 4.78. The lowest BCUT2D eigenvalue weighted by molar-refractivity contribution is -0.129. The Morgan fingerprint density at radius 3 is 2.44 bits per heavy atom. The molecular formula is C24H28FN3O4. The van der Waals surface area contributed by atoms with E-state index in [4.69, 9.17) is 4.74 Å². The van der Waals surface area contributed by atoms with Crippen molar-refractivity contribution in [3.05, 3.63) is 53.3 Å². The number of nitrogens with one attached hydrogen (secondary N) is 2. The molecule has 2 aromatic carbocycles. The third-order valence-electron chi connectivity index (χ3n) is 5.19. The fraction of sp³-hybridized carbons (Fsp3) is 0.375. The van der Waals surface area contributed by atoms with Crippen LogP contribution in [0.2, 0.25) is 0 Å². The Balaban J connectivity index is 1.68. The molecule has 3 rings (SSSR count). The van der Waals surface area contributed by atoms with E-state index in [2.05, 4.69) is 10.6 Å². The summed E-state index contributed by atoms with van der Waals surface area (Å²) in [7, 11) is 0. The second kappa shape index (κ2) is 8.98. The summed E-state index contributed by atoms with van der Waals surface area (Å²) < 4.78 is 19.2. The Morgan fingerprint density at radius 1 is 1.06 bits per heavy atom. The normalized spacial score (nSPS) is 16.1. The molecule has 3 amide bonds. The van der Waals surface area contributed by atoms with Crippen LogP contribution >= 0.6 is 0 Å². The van der Waals surface area contributed by atoms with E-state index in [0.717, 1.165) is 22.9 Å². The molecule has 1 fully saturated rings. The van der Waals surface area contributed by atoms with Gasteiger partial charge in [0.25, 0.3) is 0 Å². The number of carbonyl (C=O) groups is 3. The van der Waals surface area contributed by atoms with Gasteiger partial charge in [0.15, 0.2) is 0 Å². The van der Waals surface area contributed by atoms with Crippen molar-refractivity contribution in [1.29, 1.82) is 0 Å². The highest BCUT2D eigenvalue weighted by Gasteiger charge is 2.37. The first kappa shape index (κ1) is 23.2. The molecule has 1 heterocycles. The molecule has 0 spiro atoms. The van der Waals surface area contributed by atoms with Crippen molar-refractivity contribution >= 4 is 35.0 Å². The van der Waals surface area contributed by atoms with Crippen LogP contribution in [0.15, 0.2) is 36.4 Å². The number of hydrogen-bond acceptors (Lipinski definition) is 4. The second-order valence-corrected chi connectivity index (χ2v) is 8.91. The number of carbonyl (C=O) groups excluding carboxylic acids is 3. The van der Waals surface area contributed by atoms with Crippen LogP contribution in [0.1, 0.15) is 38.3 Å². The molecule has 1 unspecified atom stereocenters. The molecule has 1 atom stereocenters. The van der Waals surface area contributed by atoms with Crippen molar-refractivity contribution in [3.8, 4) is 0 Å². The smallest absolute Gasteiger partial charge is 0.412 e. The standard InChI is InChI=1S/C24H28FN3O4/c1-14-6-8-17(12-15(14)2)28-11-10-18(22(28)30)21(29)26-16-7-9-19(25)20(13-16)27-23(31)32-24(3,4)5/h6-9,12-13,18H,10-11H2,1-5H3,(H,26,29)(H,27,31). The van der Waals surface area contributed by atoms with Crippen molar-refractivity contribution in [3.63, 3.8) is 0 Å². The largest absolute Gasteiger partial charge is 0.444 e. The molecule has 0 bridgehead atoms. The van der Waals surface area contributed by atoms with E-state index in [0.29, 0.717) is 13.0 Å². The van der Waals surface area contributed by atoms with Gasteiger partial charge in [0, 0.05) is 17.9 Å². The van der Waals surface area contributed by atoms with E-state index < -0.39 is 29.3 Å². The summed E-state index contributed by atoms with van der Waals surface area (Å²) in [5, 5.41) is 4.99. The minimum atomic E-state index is -0.844. The average molecular weight is 442 g/mol. The highest BCUT2D eigenvalue weighted by Crippen LogP contribution is 2.28. The van der Waals surface area contributed by atoms with Crippen LogP contribution in [-0.2, 0) is 14.3 Å². The maximum Gasteiger partial charge on any atom is 0.412 e. The van der Waals surface area contributed by atoms with Gasteiger partial charge in [-0.05, 0) is 82.5 Å². The van der Waals surface area contributed by atoms with Gasteiger partial charge in [-0.1, -0.05) is 6.07 Å². The van der Waals surface area contributed by atoms with Crippen molar-refractivity contribution in [2.45, 2.75) is 46.6 Å². The molecule has 1 saturated heterocycles. The quantitative estimate of drug-likeness (QED) is 0.669. The molecule has 1 aliphatic rings. The van der Waals surface area contributed by atoms with Gasteiger partial charge in [-0.15, -0.1) is 0 Å². The number of rotatable bonds is 4. The van der Waals surface area contributed by atoms with Crippen LogP contribution in [-0.4, -0.2) is 30.1 Å². The SMILES string of the molecule is Cc1ccc(N2CCC(C(=O)Nc3ccc(F)c(NC(=O)OC(C)(C)C)c3)C2=O)cc1C. The molecule has 32 heavy (non-hydrogen) atoms. The van der Waals surface area contributed by atoms with E-state index in [1.165, 1.54) is 12.1 Å². The monoisotopic (exact) mass is 441 g/mol. The Hall–Kier alpha value is -3.42. The van der Waals surface area contributed by atoms with Crippen molar-refractivity contribution in [2.24, 2.45) is 5.92 Å². The van der Waals surface area contributed by atoms with Gasteiger partial charge in [0.1, 0.15) is 17.3 Å². The zero-order chi connectivity index (χ0) is 23.6. The molecule has 7 nitrogen and oxygen atoms in total. The number of aryl methyl sites for hydroxylation is 2. The lowest BCUT2D eigenvalue weighted by Crippen LogP contribution is -2.33. The molecule has 2 N–H and O–H groups in total. The van der Waals surface area contributed by atoms with E-state index in [-0.39, 0.29) is 17.3 Å². The Kier molecular flexibility index (Phi) is 6.52. The van der Waals surface area contributed by atoms with E-state index in [9.17, 15) is 18.8 Å². The first-order valence-corrected chi connectivity index (χ1v) is 10.4. The first-order chi connectivity index (χ1) is 14.9. The number of anilines is 3. The van der Waals surface area contributed by atoms with Crippen molar-refractivity contribution in [1.82, 2.24) is 0 Å². The maximum atomic E-state index is 14.1. The van der Waals surface area contributed by atoms with Crippen LogP contribution in [0.5, 0.6) is 0 Å². The summed E-state index contributed by atoms with van der Waals surface area (Å²) >= 11 is 0. The van der Waals surface area contributed by atoms with E-state index >= 15 is 0 Å². The van der Waals surface area contributed by atoms with Gasteiger partial charge >= 0.3 is 6.09 Å². The van der Waals surface area contributed by atoms with E-state index in [1.54, 1.807) is 25.7 Å². The van der Waals surface area contributed by atoms with Gasteiger partial charge in [0.05, 0.1) is 5.69 Å². The van der Waals surface area contributed by atoms with Crippen LogP contribution < -0.4 is 15.5 Å². The van der Waals surface area contributed by atoms with Gasteiger partial charge in [-0.25, -0.2) is 9.18 Å². The molecular weight excluding hydrogens is 413 g/mol. The number of nitrogens with zero attached hydrogens (tertiary/aromatic N) is 1. The summed E-state index contributed by atoms with van der Waals surface area (Å²) in [6, 6.07) is 9.53. The first-order valence-electron chi connectivity index (χ1n) is 10.4. The highest BCUT2D eigenvalue weighted by molar-refractivity contribution is 6.13. The lowest BCUT2D eigenvalue weighted by atomic mass is 10.1. The third kappa shape index (κ3) is 5.43. The molecule has 170 valence electrons. The minimum Gasteiger partial charge on any atom is -0.444 e. The molecule has 0 aromatic heterocycles. The molecule has 8 heteroatoms. The van der Waals surface area contributed by atoms with Crippen LogP contribution in [0.25, 0.3) is 0 Å². The average Bonchev–Trinajstić information content (AvgIpc) is 3.06. The fourth-order valence-corrected chi connectivity index (χ4v) is 3.41. The Bertz CT molecular complexity index is 1060. The van der Waals surface area contributed by atoms with Crippen molar-refractivity contribution in [2.75, 3.05) is 22.1 Å². The summed E-state index contributed by atoms with van der Waals surface area (Å²) in [4.78, 5) is 39.2. The van der Waals surface area contributed by atoms with Crippen LogP contribution in [0, 0.1) is 25.6 Å². The zero-order valence-electron chi connectivity index (χ0n) is 18.9. The summed E-state index contributed by atoms with van der Waals surface area (Å²) in [5.74, 6) is -2.27. The predicted molar refractivity (Wildman–Crippen MR) is 121 cm³/mol. The number of benzene rings is 2. The summed E-state index contributed by atoms with van der Waals surface area (Å²) in [6.45, 7) is 9.49. The van der Waals surface area contributed by atoms with Gasteiger partial charge < -0.3 is 15.0 Å². The van der Waals surface area contributed by atoms with Gasteiger partial charge in [0.2, 0.25) is 11.8 Å². The number of amides is 3. The third-order valence-corrected chi connectivity index (χ3v) is 5.19. The number of ether oxygens (including phenoxy) is 1. The summed E-state index contributed by atoms with van der Waals surface area (Å²) in [6.07, 6.45) is -0.434. The highest BCUT2D eigenvalue weighted by atomic mass is 19.1. The molecule has 2 aromatic rings. The van der Waals surface area contributed by atoms with Gasteiger partial charge in [-0.3, -0.25) is 14.9 Å². The zero-order valence-corrected chi connectivity index (χ0v) is 18.9. The lowest BCUT2D eigenvalue weighted by Gasteiger charge is -2.20. The Morgan fingerprint density at radius 2 is 1.78 bits per heavy atom. The van der Waals surface area contributed by atoms with Gasteiger partial charge in [-0.2, -0.15) is 0 Å². The van der Waals surface area contributed by atoms with E-state index in [1.807, 2.05) is 32.0 Å². The molecule has 0 saturated carbocycles. The molecule has 1 aliphatic heterocycles. The Labute approximate surface area is 186 Å². The number of halogens is 1. The van der Waals surface area contributed by atoms with Crippen molar-refractivity contribution < 1.29 is 23.5 Å². The maximum absolute atomic E-state index is 14.1. The molecule has 0 radical (unpaired) electrons. The van der Waals surface area contributed by atoms with Crippen LogP contribution in [0.3, 0.4) is 0 Å². The minimum absolute atomic E-state index is 0.133. The second-order valence-electron chi connectivity index (χ2n) is 8.91. The topological polar surface area (TPSA) is 87.7 Å².